The first-order valence-corrected chi connectivity index (χ1v) is 11.6. The zero-order chi connectivity index (χ0) is 23.8. The number of allylic oxidation sites excluding steroid dienone is 3. The second kappa shape index (κ2) is 8.83. The third-order valence-electron chi connectivity index (χ3n) is 6.36. The van der Waals surface area contributed by atoms with Crippen molar-refractivity contribution >= 4 is 16.3 Å². The molecule has 33 heavy (non-hydrogen) atoms. The molecule has 3 aromatic carbocycles. The Bertz CT molecular complexity index is 1360. The number of benzene rings is 3. The van der Waals surface area contributed by atoms with Gasteiger partial charge in [-0.3, -0.25) is 4.98 Å². The van der Waals surface area contributed by atoms with Crippen molar-refractivity contribution in [3.8, 4) is 22.4 Å². The molecule has 1 heteroatoms. The molecule has 0 bridgehead atoms. The number of aromatic nitrogens is 1. The van der Waals surface area contributed by atoms with E-state index in [1.807, 2.05) is 19.2 Å². The van der Waals surface area contributed by atoms with Gasteiger partial charge in [-0.1, -0.05) is 82.0 Å². The van der Waals surface area contributed by atoms with Gasteiger partial charge in [0.05, 0.1) is 5.69 Å². The fraction of sp³-hybridized carbons (Fsp3) is 0.219. The van der Waals surface area contributed by atoms with E-state index in [1.165, 1.54) is 44.2 Å². The number of rotatable bonds is 4. The highest BCUT2D eigenvalue weighted by molar-refractivity contribution is 5.99. The summed E-state index contributed by atoms with van der Waals surface area (Å²) in [4.78, 5) is 4.81. The third kappa shape index (κ3) is 4.54. The van der Waals surface area contributed by atoms with E-state index in [4.69, 9.17) is 4.98 Å². The van der Waals surface area contributed by atoms with Gasteiger partial charge in [-0.2, -0.15) is 0 Å². The molecule has 0 aliphatic carbocycles. The Balaban J connectivity index is 1.83. The Morgan fingerprint density at radius 3 is 2.18 bits per heavy atom. The molecule has 0 fully saturated rings. The van der Waals surface area contributed by atoms with Crippen LogP contribution in [0.3, 0.4) is 0 Å². The molecule has 0 atom stereocenters. The van der Waals surface area contributed by atoms with Gasteiger partial charge in [0.1, 0.15) is 0 Å². The smallest absolute Gasteiger partial charge is 0.0780 e. The van der Waals surface area contributed by atoms with Crippen molar-refractivity contribution in [2.24, 2.45) is 0 Å². The molecule has 4 aromatic rings. The maximum Gasteiger partial charge on any atom is 0.0780 e. The van der Waals surface area contributed by atoms with Crippen LogP contribution in [0.5, 0.6) is 0 Å². The highest BCUT2D eigenvalue weighted by Gasteiger charge is 2.14. The van der Waals surface area contributed by atoms with Gasteiger partial charge in [0.2, 0.25) is 0 Å². The minimum Gasteiger partial charge on any atom is -0.256 e. The van der Waals surface area contributed by atoms with E-state index in [9.17, 15) is 0 Å². The lowest BCUT2D eigenvalue weighted by Gasteiger charge is -2.19. The standard InChI is InChI=1S/C32H33N/c1-8-9-22(3)28-14-15-30-29(23(28)4)16-17-33-31(30)26-19-21(2)18-25(20-26)24-10-12-27(13-11-24)32(5,6)7/h8-20H,3H2,1-2,4-7H3/b9-8-. The van der Waals surface area contributed by atoms with Gasteiger partial charge in [0.25, 0.3) is 0 Å². The molecular weight excluding hydrogens is 398 g/mol. The van der Waals surface area contributed by atoms with Gasteiger partial charge in [0.15, 0.2) is 0 Å². The van der Waals surface area contributed by atoms with Gasteiger partial charge in [-0.05, 0) is 88.7 Å². The minimum absolute atomic E-state index is 0.151. The van der Waals surface area contributed by atoms with Gasteiger partial charge in [0, 0.05) is 17.1 Å². The first-order chi connectivity index (χ1) is 15.7. The number of hydrogen-bond acceptors (Lipinski definition) is 1. The summed E-state index contributed by atoms with van der Waals surface area (Å²) in [6.45, 7) is 17.3. The fourth-order valence-electron chi connectivity index (χ4n) is 4.52. The molecule has 0 N–H and O–H groups in total. The topological polar surface area (TPSA) is 12.9 Å². The average Bonchev–Trinajstić information content (AvgIpc) is 2.78. The Morgan fingerprint density at radius 2 is 1.52 bits per heavy atom. The predicted octanol–water partition coefficient (Wildman–Crippen LogP) is 9.07. The van der Waals surface area contributed by atoms with Crippen LogP contribution in [0.1, 0.15) is 49.9 Å². The van der Waals surface area contributed by atoms with Crippen molar-refractivity contribution in [1.29, 1.82) is 0 Å². The SMILES string of the molecule is C=C(/C=C\C)c1ccc2c(-c3cc(C)cc(-c4ccc(C(C)(C)C)cc4)c3)nccc2c1C. The number of aryl methyl sites for hydroxylation is 2. The second-order valence-corrected chi connectivity index (χ2v) is 9.93. The van der Waals surface area contributed by atoms with Crippen LogP contribution >= 0.6 is 0 Å². The lowest BCUT2D eigenvalue weighted by molar-refractivity contribution is 0.590. The van der Waals surface area contributed by atoms with E-state index >= 15 is 0 Å². The molecule has 0 radical (unpaired) electrons. The summed E-state index contributed by atoms with van der Waals surface area (Å²) < 4.78 is 0. The number of pyridine rings is 1. The summed E-state index contributed by atoms with van der Waals surface area (Å²) in [5.74, 6) is 0. The molecule has 0 saturated heterocycles. The Hall–Kier alpha value is -3.45. The molecule has 0 spiro atoms. The Labute approximate surface area is 198 Å². The highest BCUT2D eigenvalue weighted by Crippen LogP contribution is 2.35. The quantitative estimate of drug-likeness (QED) is 0.294. The van der Waals surface area contributed by atoms with Crippen LogP contribution in [0.4, 0.5) is 0 Å². The lowest BCUT2D eigenvalue weighted by atomic mass is 9.86. The average molecular weight is 432 g/mol. The van der Waals surface area contributed by atoms with Gasteiger partial charge < -0.3 is 0 Å². The van der Waals surface area contributed by atoms with Crippen molar-refractivity contribution in [2.75, 3.05) is 0 Å². The van der Waals surface area contributed by atoms with E-state index in [0.717, 1.165) is 16.8 Å². The molecule has 1 heterocycles. The minimum atomic E-state index is 0.151. The zero-order valence-corrected chi connectivity index (χ0v) is 20.7. The fourth-order valence-corrected chi connectivity index (χ4v) is 4.52. The molecule has 1 nitrogen and oxygen atoms in total. The van der Waals surface area contributed by atoms with Crippen LogP contribution in [0, 0.1) is 13.8 Å². The van der Waals surface area contributed by atoms with Crippen molar-refractivity contribution in [3.63, 3.8) is 0 Å². The van der Waals surface area contributed by atoms with Crippen LogP contribution in [0.2, 0.25) is 0 Å². The molecule has 166 valence electrons. The monoisotopic (exact) mass is 431 g/mol. The normalized spacial score (nSPS) is 11.9. The summed E-state index contributed by atoms with van der Waals surface area (Å²) >= 11 is 0. The lowest BCUT2D eigenvalue weighted by Crippen LogP contribution is -2.10. The van der Waals surface area contributed by atoms with Crippen molar-refractivity contribution in [1.82, 2.24) is 4.98 Å². The van der Waals surface area contributed by atoms with E-state index < -0.39 is 0 Å². The van der Waals surface area contributed by atoms with E-state index in [-0.39, 0.29) is 5.41 Å². The highest BCUT2D eigenvalue weighted by atomic mass is 14.7. The molecule has 0 aliphatic heterocycles. The van der Waals surface area contributed by atoms with Crippen molar-refractivity contribution in [2.45, 2.75) is 47.0 Å². The Morgan fingerprint density at radius 1 is 0.818 bits per heavy atom. The molecule has 0 amide bonds. The van der Waals surface area contributed by atoms with Crippen molar-refractivity contribution < 1.29 is 0 Å². The van der Waals surface area contributed by atoms with Gasteiger partial charge >= 0.3 is 0 Å². The predicted molar refractivity (Wildman–Crippen MR) is 145 cm³/mol. The van der Waals surface area contributed by atoms with Crippen LogP contribution in [0.25, 0.3) is 38.7 Å². The maximum atomic E-state index is 4.81. The Kier molecular flexibility index (Phi) is 6.08. The van der Waals surface area contributed by atoms with E-state index in [2.05, 4.69) is 108 Å². The van der Waals surface area contributed by atoms with Crippen LogP contribution in [0.15, 0.2) is 85.6 Å². The summed E-state index contributed by atoms with van der Waals surface area (Å²) in [6.07, 6.45) is 6.02. The summed E-state index contributed by atoms with van der Waals surface area (Å²) in [7, 11) is 0. The zero-order valence-electron chi connectivity index (χ0n) is 20.7. The first kappa shape index (κ1) is 22.7. The largest absolute Gasteiger partial charge is 0.256 e. The number of nitrogens with zero attached hydrogens (tertiary/aromatic N) is 1. The third-order valence-corrected chi connectivity index (χ3v) is 6.36. The summed E-state index contributed by atoms with van der Waals surface area (Å²) in [6, 6.07) is 22.2. The summed E-state index contributed by atoms with van der Waals surface area (Å²) in [5, 5.41) is 2.40. The maximum absolute atomic E-state index is 4.81. The molecule has 1 aromatic heterocycles. The van der Waals surface area contributed by atoms with Crippen LogP contribution in [-0.2, 0) is 5.41 Å². The molecule has 4 rings (SSSR count). The second-order valence-electron chi connectivity index (χ2n) is 9.93. The molecule has 0 saturated carbocycles. The van der Waals surface area contributed by atoms with Crippen LogP contribution in [-0.4, -0.2) is 4.98 Å². The number of fused-ring (bicyclic) bond motifs is 1. The van der Waals surface area contributed by atoms with Gasteiger partial charge in [-0.15, -0.1) is 0 Å². The number of hydrogen-bond donors (Lipinski definition) is 0. The molecule has 0 aliphatic rings. The van der Waals surface area contributed by atoms with E-state index in [1.54, 1.807) is 0 Å². The van der Waals surface area contributed by atoms with E-state index in [0.29, 0.717) is 0 Å². The first-order valence-electron chi connectivity index (χ1n) is 11.6. The van der Waals surface area contributed by atoms with Gasteiger partial charge in [-0.25, -0.2) is 0 Å². The van der Waals surface area contributed by atoms with Crippen LogP contribution < -0.4 is 0 Å². The molecule has 0 unspecified atom stereocenters. The summed E-state index contributed by atoms with van der Waals surface area (Å²) in [5.41, 5.74) is 10.8. The van der Waals surface area contributed by atoms with Crippen molar-refractivity contribution in [3.05, 3.63) is 108 Å². The molecular formula is C32H33N.